The maximum Gasteiger partial charge on any atom is 0.335 e. The van der Waals surface area contributed by atoms with E-state index in [9.17, 15) is 9.90 Å². The van der Waals surface area contributed by atoms with Crippen LogP contribution >= 0.6 is 0 Å². The number of carboxylic acids is 1. The number of carbonyl (C=O) groups is 1. The number of nitrogens with zero attached hydrogens (tertiary/aromatic N) is 5. The van der Waals surface area contributed by atoms with E-state index in [1.807, 2.05) is 0 Å². The van der Waals surface area contributed by atoms with Gasteiger partial charge in [0.05, 0.1) is 16.9 Å². The number of hydrogen-bond donors (Lipinski definition) is 1. The fourth-order valence-electron chi connectivity index (χ4n) is 2.19. The third-order valence-corrected chi connectivity index (χ3v) is 3.10. The van der Waals surface area contributed by atoms with Crippen LogP contribution < -0.4 is 0 Å². The molecule has 3 rings (SSSR count). The summed E-state index contributed by atoms with van der Waals surface area (Å²) in [5, 5.41) is 24.0. The second-order valence-corrected chi connectivity index (χ2v) is 4.53. The Morgan fingerprint density at radius 3 is 2.67 bits per heavy atom. The summed E-state index contributed by atoms with van der Waals surface area (Å²) in [6.07, 6.45) is 1.40. The van der Waals surface area contributed by atoms with E-state index in [0.29, 0.717) is 22.7 Å². The molecule has 0 fully saturated rings. The SMILES string of the molecule is Cc1noc(C)c1-c1cc(C(=O)O)cc(-n2cnnn2)c1. The van der Waals surface area contributed by atoms with Gasteiger partial charge in [-0.1, -0.05) is 5.16 Å². The molecule has 3 aromatic rings. The van der Waals surface area contributed by atoms with Crippen molar-refractivity contribution in [3.63, 3.8) is 0 Å². The highest BCUT2D eigenvalue weighted by Crippen LogP contribution is 2.29. The molecule has 0 aliphatic rings. The van der Waals surface area contributed by atoms with E-state index in [-0.39, 0.29) is 5.56 Å². The Bertz CT molecular complexity index is 788. The molecule has 0 aliphatic heterocycles. The number of aryl methyl sites for hydroxylation is 2. The molecule has 8 heteroatoms. The normalized spacial score (nSPS) is 10.8. The minimum absolute atomic E-state index is 0.137. The molecule has 0 unspecified atom stereocenters. The van der Waals surface area contributed by atoms with Crippen LogP contribution in [0.25, 0.3) is 16.8 Å². The van der Waals surface area contributed by atoms with Gasteiger partial charge in [-0.15, -0.1) is 5.10 Å². The van der Waals surface area contributed by atoms with Crippen LogP contribution in [-0.4, -0.2) is 36.4 Å². The predicted molar refractivity (Wildman–Crippen MR) is 71.1 cm³/mol. The van der Waals surface area contributed by atoms with Gasteiger partial charge >= 0.3 is 5.97 Å². The lowest BCUT2D eigenvalue weighted by Gasteiger charge is -2.07. The topological polar surface area (TPSA) is 107 Å². The molecular weight excluding hydrogens is 274 g/mol. The lowest BCUT2D eigenvalue weighted by Crippen LogP contribution is -2.02. The van der Waals surface area contributed by atoms with Crippen molar-refractivity contribution in [3.8, 4) is 16.8 Å². The van der Waals surface area contributed by atoms with Crippen molar-refractivity contribution in [2.45, 2.75) is 13.8 Å². The number of tetrazole rings is 1. The number of aromatic nitrogens is 5. The number of aromatic carboxylic acids is 1. The van der Waals surface area contributed by atoms with Crippen LogP contribution in [0.3, 0.4) is 0 Å². The zero-order valence-electron chi connectivity index (χ0n) is 11.3. The van der Waals surface area contributed by atoms with E-state index in [1.165, 1.54) is 17.1 Å². The van der Waals surface area contributed by atoms with Gasteiger partial charge < -0.3 is 9.63 Å². The van der Waals surface area contributed by atoms with Gasteiger partial charge in [-0.2, -0.15) is 0 Å². The molecule has 0 radical (unpaired) electrons. The quantitative estimate of drug-likeness (QED) is 0.779. The van der Waals surface area contributed by atoms with Crippen LogP contribution in [-0.2, 0) is 0 Å². The summed E-state index contributed by atoms with van der Waals surface area (Å²) in [4.78, 5) is 11.3. The molecular formula is C13H11N5O3. The molecule has 2 heterocycles. The van der Waals surface area contributed by atoms with Crippen LogP contribution in [0.15, 0.2) is 29.0 Å². The van der Waals surface area contributed by atoms with Gasteiger partial charge in [-0.3, -0.25) is 0 Å². The molecule has 106 valence electrons. The smallest absolute Gasteiger partial charge is 0.335 e. The Morgan fingerprint density at radius 1 is 1.29 bits per heavy atom. The number of carboxylic acid groups (broad SMARTS) is 1. The average Bonchev–Trinajstić information content (AvgIpc) is 3.09. The number of benzene rings is 1. The van der Waals surface area contributed by atoms with Crippen molar-refractivity contribution >= 4 is 5.97 Å². The third kappa shape index (κ3) is 2.27. The second-order valence-electron chi connectivity index (χ2n) is 4.53. The van der Waals surface area contributed by atoms with Crippen molar-refractivity contribution in [2.24, 2.45) is 0 Å². The summed E-state index contributed by atoms with van der Waals surface area (Å²) in [5.41, 5.74) is 2.84. The number of hydrogen-bond acceptors (Lipinski definition) is 6. The first-order chi connectivity index (χ1) is 10.1. The summed E-state index contributed by atoms with van der Waals surface area (Å²) in [6.45, 7) is 3.58. The van der Waals surface area contributed by atoms with Gasteiger partial charge in [0.25, 0.3) is 0 Å². The van der Waals surface area contributed by atoms with E-state index >= 15 is 0 Å². The van der Waals surface area contributed by atoms with Gasteiger partial charge in [0, 0.05) is 5.56 Å². The highest BCUT2D eigenvalue weighted by molar-refractivity contribution is 5.90. The van der Waals surface area contributed by atoms with E-state index in [4.69, 9.17) is 4.52 Å². The molecule has 0 amide bonds. The van der Waals surface area contributed by atoms with E-state index < -0.39 is 5.97 Å². The van der Waals surface area contributed by atoms with Gasteiger partial charge in [-0.05, 0) is 48.0 Å². The van der Waals surface area contributed by atoms with E-state index in [0.717, 1.165) is 5.56 Å². The first-order valence-corrected chi connectivity index (χ1v) is 6.11. The minimum Gasteiger partial charge on any atom is -0.478 e. The Labute approximate surface area is 119 Å². The fourth-order valence-corrected chi connectivity index (χ4v) is 2.19. The Kier molecular flexibility index (Phi) is 2.98. The summed E-state index contributed by atoms with van der Waals surface area (Å²) in [6, 6.07) is 4.86. The zero-order valence-corrected chi connectivity index (χ0v) is 11.3. The highest BCUT2D eigenvalue weighted by Gasteiger charge is 2.16. The molecule has 0 aliphatic carbocycles. The van der Waals surface area contributed by atoms with E-state index in [1.54, 1.807) is 26.0 Å². The molecule has 1 N–H and O–H groups in total. The zero-order chi connectivity index (χ0) is 15.0. The predicted octanol–water partition coefficient (Wildman–Crippen LogP) is 1.63. The van der Waals surface area contributed by atoms with Crippen molar-refractivity contribution in [1.82, 2.24) is 25.4 Å². The summed E-state index contributed by atoms with van der Waals surface area (Å²) >= 11 is 0. The fraction of sp³-hybridized carbons (Fsp3) is 0.154. The Hall–Kier alpha value is -3.03. The Balaban J connectivity index is 2.24. The molecule has 1 aromatic carbocycles. The molecule has 0 saturated heterocycles. The van der Waals surface area contributed by atoms with Crippen LogP contribution in [0.2, 0.25) is 0 Å². The lowest BCUT2D eigenvalue weighted by molar-refractivity contribution is 0.0697. The van der Waals surface area contributed by atoms with Crippen molar-refractivity contribution in [3.05, 3.63) is 41.5 Å². The minimum atomic E-state index is -1.03. The van der Waals surface area contributed by atoms with Crippen LogP contribution in [0.1, 0.15) is 21.8 Å². The monoisotopic (exact) mass is 285 g/mol. The average molecular weight is 285 g/mol. The summed E-state index contributed by atoms with van der Waals surface area (Å²) in [7, 11) is 0. The largest absolute Gasteiger partial charge is 0.478 e. The Morgan fingerprint density at radius 2 is 2.10 bits per heavy atom. The maximum atomic E-state index is 11.3. The maximum absolute atomic E-state index is 11.3. The van der Waals surface area contributed by atoms with Gasteiger partial charge in [0.15, 0.2) is 0 Å². The van der Waals surface area contributed by atoms with Crippen LogP contribution in [0, 0.1) is 13.8 Å². The third-order valence-electron chi connectivity index (χ3n) is 3.10. The molecule has 0 saturated carbocycles. The first-order valence-electron chi connectivity index (χ1n) is 6.11. The first kappa shape index (κ1) is 13.0. The van der Waals surface area contributed by atoms with Crippen molar-refractivity contribution < 1.29 is 14.4 Å². The molecule has 21 heavy (non-hydrogen) atoms. The molecule has 0 bridgehead atoms. The molecule has 2 aromatic heterocycles. The lowest BCUT2D eigenvalue weighted by atomic mass is 10.0. The van der Waals surface area contributed by atoms with Crippen molar-refractivity contribution in [2.75, 3.05) is 0 Å². The highest BCUT2D eigenvalue weighted by atomic mass is 16.5. The molecule has 0 spiro atoms. The van der Waals surface area contributed by atoms with Gasteiger partial charge in [0.1, 0.15) is 12.1 Å². The summed E-state index contributed by atoms with van der Waals surface area (Å²) in [5.74, 6) is -0.407. The van der Waals surface area contributed by atoms with Gasteiger partial charge in [0.2, 0.25) is 0 Å². The number of rotatable bonds is 3. The standard InChI is InChI=1S/C13H11N5O3/c1-7-12(8(2)21-15-7)9-3-10(13(19)20)5-11(4-9)18-6-14-16-17-18/h3-6H,1-2H3,(H,19,20). The van der Waals surface area contributed by atoms with Crippen molar-refractivity contribution in [1.29, 1.82) is 0 Å². The van der Waals surface area contributed by atoms with Crippen LogP contribution in [0.4, 0.5) is 0 Å². The second kappa shape index (κ2) is 4.82. The van der Waals surface area contributed by atoms with E-state index in [2.05, 4.69) is 20.7 Å². The van der Waals surface area contributed by atoms with Crippen LogP contribution in [0.5, 0.6) is 0 Å². The summed E-state index contributed by atoms with van der Waals surface area (Å²) < 4.78 is 6.53. The molecule has 8 nitrogen and oxygen atoms in total. The van der Waals surface area contributed by atoms with Gasteiger partial charge in [-0.25, -0.2) is 9.48 Å². The molecule has 0 atom stereocenters.